The molecule has 0 aliphatic rings. The van der Waals surface area contributed by atoms with Crippen LogP contribution < -0.4 is 10.1 Å². The molecule has 9 heteroatoms. The van der Waals surface area contributed by atoms with Crippen LogP contribution in [0.15, 0.2) is 17.3 Å². The van der Waals surface area contributed by atoms with Gasteiger partial charge in [-0.05, 0) is 42.8 Å². The highest BCUT2D eigenvalue weighted by Gasteiger charge is 2.14. The maximum absolute atomic E-state index is 12.2. The van der Waals surface area contributed by atoms with Gasteiger partial charge in [0.1, 0.15) is 5.75 Å². The first kappa shape index (κ1) is 17.6. The lowest BCUT2D eigenvalue weighted by atomic mass is 10.2. The van der Waals surface area contributed by atoms with Gasteiger partial charge in [-0.25, -0.2) is 4.68 Å². The SMILES string of the molecule is COc1cc(Cl)c(C)cc1NC(=O)CSc1nnnn1C(C)C. The molecule has 1 aromatic heterocycles. The lowest BCUT2D eigenvalue weighted by molar-refractivity contribution is -0.113. The van der Waals surface area contributed by atoms with Gasteiger partial charge in [0, 0.05) is 11.1 Å². The third-order valence-corrected chi connectivity index (χ3v) is 4.38. The fourth-order valence-corrected chi connectivity index (χ4v) is 2.81. The van der Waals surface area contributed by atoms with Crippen LogP contribution in [0.5, 0.6) is 5.75 Å². The Morgan fingerprint density at radius 3 is 2.87 bits per heavy atom. The molecular weight excluding hydrogens is 338 g/mol. The van der Waals surface area contributed by atoms with Crippen LogP contribution in [0, 0.1) is 6.92 Å². The summed E-state index contributed by atoms with van der Waals surface area (Å²) in [5, 5.41) is 15.5. The summed E-state index contributed by atoms with van der Waals surface area (Å²) in [7, 11) is 1.53. The van der Waals surface area contributed by atoms with Crippen molar-refractivity contribution in [1.29, 1.82) is 0 Å². The van der Waals surface area contributed by atoms with Crippen LogP contribution in [-0.4, -0.2) is 39.0 Å². The van der Waals surface area contributed by atoms with Crippen LogP contribution in [0.1, 0.15) is 25.5 Å². The summed E-state index contributed by atoms with van der Waals surface area (Å²) >= 11 is 7.33. The molecule has 0 radical (unpaired) electrons. The normalized spacial score (nSPS) is 10.9. The quantitative estimate of drug-likeness (QED) is 0.802. The number of nitrogens with one attached hydrogen (secondary N) is 1. The largest absolute Gasteiger partial charge is 0.495 e. The summed E-state index contributed by atoms with van der Waals surface area (Å²) in [5.74, 6) is 0.539. The van der Waals surface area contributed by atoms with E-state index in [1.807, 2.05) is 20.8 Å². The summed E-state index contributed by atoms with van der Waals surface area (Å²) < 4.78 is 6.91. The second-order valence-corrected chi connectivity index (χ2v) is 6.49. The van der Waals surface area contributed by atoms with Gasteiger partial charge in [-0.15, -0.1) is 5.10 Å². The molecule has 1 amide bonds. The van der Waals surface area contributed by atoms with E-state index in [-0.39, 0.29) is 17.7 Å². The number of thioether (sulfide) groups is 1. The Kier molecular flexibility index (Phi) is 5.84. The highest BCUT2D eigenvalue weighted by molar-refractivity contribution is 7.99. The lowest BCUT2D eigenvalue weighted by Crippen LogP contribution is -2.16. The molecular formula is C14H18ClN5O2S. The van der Waals surface area contributed by atoms with Crippen molar-refractivity contribution >= 4 is 35.0 Å². The molecule has 0 fully saturated rings. The van der Waals surface area contributed by atoms with E-state index in [1.165, 1.54) is 18.9 Å². The minimum Gasteiger partial charge on any atom is -0.495 e. The minimum atomic E-state index is -0.173. The number of anilines is 1. The van der Waals surface area contributed by atoms with E-state index < -0.39 is 0 Å². The molecule has 7 nitrogen and oxygen atoms in total. The number of amides is 1. The second kappa shape index (κ2) is 7.65. The van der Waals surface area contributed by atoms with E-state index in [2.05, 4.69) is 20.8 Å². The third-order valence-electron chi connectivity index (χ3n) is 3.04. The van der Waals surface area contributed by atoms with Crippen molar-refractivity contribution in [3.63, 3.8) is 0 Å². The molecule has 0 atom stereocenters. The first-order valence-corrected chi connectivity index (χ1v) is 8.33. The van der Waals surface area contributed by atoms with E-state index in [4.69, 9.17) is 16.3 Å². The number of benzene rings is 1. The molecule has 0 unspecified atom stereocenters. The van der Waals surface area contributed by atoms with Gasteiger partial charge in [-0.1, -0.05) is 23.4 Å². The van der Waals surface area contributed by atoms with Gasteiger partial charge in [0.2, 0.25) is 11.1 Å². The zero-order valence-corrected chi connectivity index (χ0v) is 14.9. The summed E-state index contributed by atoms with van der Waals surface area (Å²) in [6, 6.07) is 3.59. The number of carbonyl (C=O) groups is 1. The molecule has 2 aromatic rings. The number of rotatable bonds is 6. The molecule has 0 aliphatic carbocycles. The van der Waals surface area contributed by atoms with Crippen molar-refractivity contribution in [2.45, 2.75) is 32.0 Å². The van der Waals surface area contributed by atoms with Crippen molar-refractivity contribution in [3.8, 4) is 5.75 Å². The number of methoxy groups -OCH3 is 1. The Balaban J connectivity index is 2.03. The van der Waals surface area contributed by atoms with E-state index in [0.717, 1.165) is 5.56 Å². The average Bonchev–Trinajstić information content (AvgIpc) is 2.97. The molecule has 1 N–H and O–H groups in total. The second-order valence-electron chi connectivity index (χ2n) is 5.14. The van der Waals surface area contributed by atoms with Gasteiger partial charge < -0.3 is 10.1 Å². The fourth-order valence-electron chi connectivity index (χ4n) is 1.85. The van der Waals surface area contributed by atoms with Crippen LogP contribution in [0.25, 0.3) is 0 Å². The van der Waals surface area contributed by atoms with Gasteiger partial charge in [0.15, 0.2) is 0 Å². The van der Waals surface area contributed by atoms with Crippen LogP contribution in [0.3, 0.4) is 0 Å². The summed E-state index contributed by atoms with van der Waals surface area (Å²) in [6.07, 6.45) is 0. The predicted molar refractivity (Wildman–Crippen MR) is 90.3 cm³/mol. The molecule has 23 heavy (non-hydrogen) atoms. The Morgan fingerprint density at radius 1 is 1.48 bits per heavy atom. The number of tetrazole rings is 1. The standard InChI is InChI=1S/C14H18ClN5O2S/c1-8(2)20-14(17-18-19-20)23-7-13(21)16-11-5-9(3)10(15)6-12(11)22-4/h5-6,8H,7H2,1-4H3,(H,16,21). The highest BCUT2D eigenvalue weighted by Crippen LogP contribution is 2.31. The molecule has 124 valence electrons. The minimum absolute atomic E-state index is 0.134. The van der Waals surface area contributed by atoms with Gasteiger partial charge >= 0.3 is 0 Å². The number of carbonyl (C=O) groups excluding carboxylic acids is 1. The Bertz CT molecular complexity index is 704. The van der Waals surface area contributed by atoms with Crippen LogP contribution in [-0.2, 0) is 4.79 Å². The average molecular weight is 356 g/mol. The van der Waals surface area contributed by atoms with Gasteiger partial charge in [-0.3, -0.25) is 4.79 Å². The third kappa shape index (κ3) is 4.35. The smallest absolute Gasteiger partial charge is 0.234 e. The predicted octanol–water partition coefficient (Wildman–Crippen LogP) is 2.96. The molecule has 0 aliphatic heterocycles. The Morgan fingerprint density at radius 2 is 2.22 bits per heavy atom. The van der Waals surface area contributed by atoms with Crippen molar-refractivity contribution < 1.29 is 9.53 Å². The molecule has 0 spiro atoms. The van der Waals surface area contributed by atoms with E-state index in [9.17, 15) is 4.79 Å². The Hall–Kier alpha value is -1.80. The number of halogens is 1. The number of ether oxygens (including phenoxy) is 1. The van der Waals surface area contributed by atoms with Crippen molar-refractivity contribution in [2.24, 2.45) is 0 Å². The zero-order chi connectivity index (χ0) is 17.0. The van der Waals surface area contributed by atoms with Crippen molar-refractivity contribution in [1.82, 2.24) is 20.2 Å². The van der Waals surface area contributed by atoms with Crippen LogP contribution in [0.4, 0.5) is 5.69 Å². The molecule has 1 aromatic carbocycles. The van der Waals surface area contributed by atoms with Gasteiger partial charge in [0.25, 0.3) is 0 Å². The summed E-state index contributed by atoms with van der Waals surface area (Å²) in [4.78, 5) is 12.2. The number of nitrogens with zero attached hydrogens (tertiary/aromatic N) is 4. The number of aromatic nitrogens is 4. The molecule has 0 bridgehead atoms. The number of hydrogen-bond donors (Lipinski definition) is 1. The maximum Gasteiger partial charge on any atom is 0.234 e. The van der Waals surface area contributed by atoms with Crippen molar-refractivity contribution in [3.05, 3.63) is 22.7 Å². The van der Waals surface area contributed by atoms with E-state index in [1.54, 1.807) is 16.8 Å². The summed E-state index contributed by atoms with van der Waals surface area (Å²) in [5.41, 5.74) is 1.45. The molecule has 0 saturated heterocycles. The number of aryl methyl sites for hydroxylation is 1. The van der Waals surface area contributed by atoms with E-state index >= 15 is 0 Å². The van der Waals surface area contributed by atoms with Crippen molar-refractivity contribution in [2.75, 3.05) is 18.2 Å². The topological polar surface area (TPSA) is 81.9 Å². The summed E-state index contributed by atoms with van der Waals surface area (Å²) in [6.45, 7) is 5.81. The van der Waals surface area contributed by atoms with Crippen LogP contribution in [0.2, 0.25) is 5.02 Å². The van der Waals surface area contributed by atoms with Gasteiger partial charge in [-0.2, -0.15) is 0 Å². The lowest BCUT2D eigenvalue weighted by Gasteiger charge is -2.12. The molecule has 0 saturated carbocycles. The number of hydrogen-bond acceptors (Lipinski definition) is 6. The zero-order valence-electron chi connectivity index (χ0n) is 13.3. The fraction of sp³-hybridized carbons (Fsp3) is 0.429. The highest BCUT2D eigenvalue weighted by atomic mass is 35.5. The monoisotopic (exact) mass is 355 g/mol. The molecule has 1 heterocycles. The van der Waals surface area contributed by atoms with Crippen LogP contribution >= 0.6 is 23.4 Å². The maximum atomic E-state index is 12.2. The Labute approximate surface area is 143 Å². The molecule has 2 rings (SSSR count). The van der Waals surface area contributed by atoms with E-state index in [0.29, 0.717) is 21.6 Å². The van der Waals surface area contributed by atoms with Gasteiger partial charge in [0.05, 0.1) is 24.6 Å². The first-order chi connectivity index (χ1) is 10.9. The first-order valence-electron chi connectivity index (χ1n) is 6.97.